The van der Waals surface area contributed by atoms with Crippen molar-refractivity contribution in [2.75, 3.05) is 6.61 Å². The lowest BCUT2D eigenvalue weighted by atomic mass is 9.82. The molecule has 8 heteroatoms. The van der Waals surface area contributed by atoms with E-state index in [1.165, 1.54) is 0 Å². The molecule has 7 N–H and O–H groups in total. The van der Waals surface area contributed by atoms with Crippen molar-refractivity contribution in [1.29, 1.82) is 0 Å². The van der Waals surface area contributed by atoms with E-state index in [9.17, 15) is 35.4 Å². The van der Waals surface area contributed by atoms with Gasteiger partial charge in [0.2, 0.25) is 0 Å². The summed E-state index contributed by atoms with van der Waals surface area (Å²) in [5.74, 6) is 6.92. The lowest BCUT2D eigenvalue weighted by molar-refractivity contribution is -0.137. The van der Waals surface area contributed by atoms with E-state index in [2.05, 4.69) is 44.0 Å². The Morgan fingerprint density at radius 1 is 0.982 bits per heavy atom. The maximum atomic E-state index is 12.3. The van der Waals surface area contributed by atoms with Crippen molar-refractivity contribution in [3.63, 3.8) is 0 Å². The van der Waals surface area contributed by atoms with Crippen molar-refractivity contribution in [3.8, 4) is 17.6 Å². The van der Waals surface area contributed by atoms with Gasteiger partial charge in [-0.05, 0) is 97.8 Å². The van der Waals surface area contributed by atoms with Crippen LogP contribution in [0.1, 0.15) is 134 Å². The molecule has 0 saturated heterocycles. The van der Waals surface area contributed by atoms with Gasteiger partial charge < -0.3 is 36.0 Å². The minimum atomic E-state index is -1.28. The summed E-state index contributed by atoms with van der Waals surface area (Å²) in [5, 5.41) is 67.8. The first kappa shape index (κ1) is 45.9. The van der Waals surface area contributed by atoms with Gasteiger partial charge in [0, 0.05) is 36.9 Å². The normalized spacial score (nSPS) is 19.4. The van der Waals surface area contributed by atoms with Crippen LogP contribution in [0.3, 0.4) is 0 Å². The standard InChI is InChI=1S/C47H69NO7/c1-5-6-7-16-40(50)29-26-39-25-24-38-14-9-8-13-37(38)15-11-18-45(47(4,55)32-36-21-27-41(51)28-22-36)48-44(43(39)31-42(52)33-49)17-10-12-35(20-19-34(2)3)23-30-46(53)54/h8-9,13-14,21-22,26-29,34-35,40,42,44-45,48-52,55H,5-7,10,12,16-20,23-25,30-33H2,1-4H3,(H,53,54). The minimum absolute atomic E-state index is 0.135. The molecule has 1 heterocycles. The van der Waals surface area contributed by atoms with Gasteiger partial charge in [0.05, 0.1) is 24.4 Å². The van der Waals surface area contributed by atoms with Crippen molar-refractivity contribution in [3.05, 3.63) is 88.5 Å². The van der Waals surface area contributed by atoms with Crippen LogP contribution >= 0.6 is 0 Å². The van der Waals surface area contributed by atoms with Crippen molar-refractivity contribution in [2.45, 2.75) is 160 Å². The summed E-state index contributed by atoms with van der Waals surface area (Å²) in [5.41, 5.74) is 3.51. The van der Waals surface area contributed by atoms with Gasteiger partial charge in [0.25, 0.3) is 0 Å². The van der Waals surface area contributed by atoms with E-state index < -0.39 is 36.4 Å². The second-order valence-electron chi connectivity index (χ2n) is 16.3. The first-order valence-electron chi connectivity index (χ1n) is 20.7. The Bertz CT molecular complexity index is 1550. The molecule has 0 saturated carbocycles. The number of nitrogens with one attached hydrogen (secondary N) is 1. The van der Waals surface area contributed by atoms with E-state index in [-0.39, 0.29) is 30.6 Å². The molecule has 0 amide bonds. The second-order valence-corrected chi connectivity index (χ2v) is 16.3. The zero-order chi connectivity index (χ0) is 40.2. The SMILES string of the molecule is CCCCCC(O)C=CC1=C(CC(O)CO)C(CCCC(CCC(=O)O)CCC(C)C)NC(C(C)(O)Cc2ccc(O)cc2)CC#Cc2ccccc2CC1. The number of rotatable bonds is 22. The van der Waals surface area contributed by atoms with Gasteiger partial charge in [0.1, 0.15) is 5.75 Å². The number of hydrogen-bond acceptors (Lipinski definition) is 7. The van der Waals surface area contributed by atoms with Gasteiger partial charge in [-0.15, -0.1) is 0 Å². The van der Waals surface area contributed by atoms with Crippen LogP contribution in [0.15, 0.2) is 71.8 Å². The molecule has 2 aromatic rings. The Kier molecular flexibility index (Phi) is 20.2. The maximum absolute atomic E-state index is 12.3. The predicted octanol–water partition coefficient (Wildman–Crippen LogP) is 8.03. The topological polar surface area (TPSA) is 150 Å². The minimum Gasteiger partial charge on any atom is -0.508 e. The number of carbonyl (C=O) groups is 1. The first-order valence-corrected chi connectivity index (χ1v) is 20.7. The van der Waals surface area contributed by atoms with Gasteiger partial charge >= 0.3 is 5.97 Å². The smallest absolute Gasteiger partial charge is 0.303 e. The lowest BCUT2D eigenvalue weighted by Crippen LogP contribution is -2.54. The Hall–Kier alpha value is -3.45. The number of aliphatic hydroxyl groups excluding tert-OH is 3. The highest BCUT2D eigenvalue weighted by Gasteiger charge is 2.35. The molecule has 0 spiro atoms. The summed E-state index contributed by atoms with van der Waals surface area (Å²) in [6.45, 7) is 7.92. The largest absolute Gasteiger partial charge is 0.508 e. The number of aromatic hydroxyl groups is 1. The number of carboxylic acids is 1. The van der Waals surface area contributed by atoms with Gasteiger partial charge in [-0.2, -0.15) is 0 Å². The molecule has 0 aromatic heterocycles. The summed E-state index contributed by atoms with van der Waals surface area (Å²) in [6, 6.07) is 14.1. The zero-order valence-corrected chi connectivity index (χ0v) is 33.8. The van der Waals surface area contributed by atoms with Gasteiger partial charge in [-0.25, -0.2) is 0 Å². The van der Waals surface area contributed by atoms with Crippen LogP contribution in [-0.4, -0.2) is 73.1 Å². The molecule has 8 nitrogen and oxygen atoms in total. The van der Waals surface area contributed by atoms with Gasteiger partial charge in [0.15, 0.2) is 0 Å². The Morgan fingerprint density at radius 2 is 1.73 bits per heavy atom. The number of carboxylic acid groups (broad SMARTS) is 1. The Labute approximate surface area is 330 Å². The van der Waals surface area contributed by atoms with Crippen LogP contribution in [0.2, 0.25) is 0 Å². The fourth-order valence-electron chi connectivity index (χ4n) is 7.62. The molecule has 2 aromatic carbocycles. The first-order chi connectivity index (χ1) is 26.3. The van der Waals surface area contributed by atoms with Crippen molar-refractivity contribution < 1.29 is 35.4 Å². The van der Waals surface area contributed by atoms with Crippen LogP contribution < -0.4 is 5.32 Å². The van der Waals surface area contributed by atoms with Crippen molar-refractivity contribution in [1.82, 2.24) is 5.32 Å². The number of aryl methyl sites for hydroxylation is 1. The summed E-state index contributed by atoms with van der Waals surface area (Å²) in [4.78, 5) is 11.6. The number of allylic oxidation sites excluding steroid dienone is 2. The maximum Gasteiger partial charge on any atom is 0.303 e. The lowest BCUT2D eigenvalue weighted by Gasteiger charge is -2.38. The van der Waals surface area contributed by atoms with Crippen molar-refractivity contribution in [2.24, 2.45) is 11.8 Å². The highest BCUT2D eigenvalue weighted by Crippen LogP contribution is 2.31. The van der Waals surface area contributed by atoms with E-state index in [1.807, 2.05) is 49.4 Å². The molecular weight excluding hydrogens is 691 g/mol. The Morgan fingerprint density at radius 3 is 2.42 bits per heavy atom. The van der Waals surface area contributed by atoms with Gasteiger partial charge in [-0.1, -0.05) is 120 Å². The summed E-state index contributed by atoms with van der Waals surface area (Å²) in [7, 11) is 0. The molecule has 0 aliphatic carbocycles. The molecule has 0 bridgehead atoms. The molecule has 3 rings (SSSR count). The molecular formula is C47H69NO7. The number of unbranched alkanes of at least 4 members (excludes halogenated alkanes) is 2. The number of hydrogen-bond donors (Lipinski definition) is 7. The third kappa shape index (κ3) is 17.1. The predicted molar refractivity (Wildman–Crippen MR) is 222 cm³/mol. The molecule has 6 atom stereocenters. The molecule has 304 valence electrons. The number of aliphatic carboxylic acids is 1. The fraction of sp³-hybridized carbons (Fsp3) is 0.596. The molecule has 1 aliphatic heterocycles. The highest BCUT2D eigenvalue weighted by molar-refractivity contribution is 5.66. The summed E-state index contributed by atoms with van der Waals surface area (Å²) < 4.78 is 0. The van der Waals surface area contributed by atoms with Crippen LogP contribution in [0.25, 0.3) is 0 Å². The summed E-state index contributed by atoms with van der Waals surface area (Å²) >= 11 is 0. The highest BCUT2D eigenvalue weighted by atomic mass is 16.4. The van der Waals surface area contributed by atoms with E-state index in [4.69, 9.17) is 0 Å². The fourth-order valence-corrected chi connectivity index (χ4v) is 7.62. The molecule has 0 radical (unpaired) electrons. The van der Waals surface area contributed by atoms with E-state index in [0.717, 1.165) is 72.8 Å². The second kappa shape index (κ2) is 24.2. The van der Waals surface area contributed by atoms with E-state index in [0.29, 0.717) is 50.9 Å². The number of benzene rings is 2. The number of phenolic OH excluding ortho intramolecular Hbond substituents is 1. The molecule has 1 aliphatic rings. The molecule has 55 heavy (non-hydrogen) atoms. The number of aliphatic hydroxyl groups is 4. The van der Waals surface area contributed by atoms with Crippen LogP contribution in [0, 0.1) is 23.7 Å². The van der Waals surface area contributed by atoms with E-state index >= 15 is 0 Å². The van der Waals surface area contributed by atoms with Crippen LogP contribution in [0.5, 0.6) is 5.75 Å². The quantitative estimate of drug-likeness (QED) is 0.0471. The molecule has 0 fully saturated rings. The monoisotopic (exact) mass is 760 g/mol. The average molecular weight is 760 g/mol. The molecule has 6 unspecified atom stereocenters. The van der Waals surface area contributed by atoms with Crippen LogP contribution in [0.4, 0.5) is 0 Å². The van der Waals surface area contributed by atoms with Gasteiger partial charge in [-0.3, -0.25) is 4.79 Å². The van der Waals surface area contributed by atoms with Crippen molar-refractivity contribution >= 4 is 5.97 Å². The van der Waals surface area contributed by atoms with Crippen LogP contribution in [-0.2, 0) is 17.6 Å². The Balaban J connectivity index is 2.16. The zero-order valence-electron chi connectivity index (χ0n) is 33.8. The number of fused-ring (bicyclic) bond motifs is 1. The third-order valence-electron chi connectivity index (χ3n) is 11.0. The third-order valence-corrected chi connectivity index (χ3v) is 11.0. The average Bonchev–Trinajstić information content (AvgIpc) is 3.14. The van der Waals surface area contributed by atoms with E-state index in [1.54, 1.807) is 12.1 Å². The summed E-state index contributed by atoms with van der Waals surface area (Å²) in [6.07, 6.45) is 13.1. The number of phenols is 1.